The predicted molar refractivity (Wildman–Crippen MR) is 135 cm³/mol. The summed E-state index contributed by atoms with van der Waals surface area (Å²) >= 11 is 12.6. The molecule has 1 fully saturated rings. The quantitative estimate of drug-likeness (QED) is 0.277. The first-order valence-corrected chi connectivity index (χ1v) is 13.4. The van der Waals surface area contributed by atoms with Crippen LogP contribution in [-0.4, -0.2) is 49.2 Å². The van der Waals surface area contributed by atoms with E-state index in [1.807, 2.05) is 12.1 Å². The van der Waals surface area contributed by atoms with Gasteiger partial charge < -0.3 is 4.90 Å². The maximum atomic E-state index is 13.3. The van der Waals surface area contributed by atoms with Gasteiger partial charge in [-0.1, -0.05) is 35.3 Å². The van der Waals surface area contributed by atoms with Crippen molar-refractivity contribution in [1.82, 2.24) is 19.5 Å². The number of alkyl halides is 3. The molecular weight excluding hydrogens is 534 g/mol. The third kappa shape index (κ3) is 4.69. The molecule has 1 unspecified atom stereocenters. The number of hydrogen-bond donors (Lipinski definition) is 0. The van der Waals surface area contributed by atoms with Crippen molar-refractivity contribution >= 4 is 51.0 Å². The first-order valence-electron chi connectivity index (χ1n) is 11.1. The fourth-order valence-corrected chi connectivity index (χ4v) is 5.13. The van der Waals surface area contributed by atoms with E-state index in [4.69, 9.17) is 28.2 Å². The lowest BCUT2D eigenvalue weighted by atomic mass is 9.96. The maximum absolute atomic E-state index is 13.3. The van der Waals surface area contributed by atoms with Crippen molar-refractivity contribution in [3.8, 4) is 17.1 Å². The molecule has 0 bridgehead atoms. The minimum Gasteiger partial charge on any atom is -0.355 e. The number of nitrogens with zero attached hydrogens (tertiary/aromatic N) is 5. The Hall–Kier alpha value is -2.69. The highest BCUT2D eigenvalue weighted by Gasteiger charge is 2.41. The van der Waals surface area contributed by atoms with Gasteiger partial charge in [-0.15, -0.1) is 0 Å². The van der Waals surface area contributed by atoms with Crippen molar-refractivity contribution in [2.45, 2.75) is 24.2 Å². The second-order valence-electron chi connectivity index (χ2n) is 8.49. The Kier molecular flexibility index (Phi) is 6.69. The van der Waals surface area contributed by atoms with Crippen molar-refractivity contribution in [3.05, 3.63) is 58.6 Å². The van der Waals surface area contributed by atoms with Gasteiger partial charge >= 0.3 is 6.18 Å². The van der Waals surface area contributed by atoms with E-state index in [9.17, 15) is 17.4 Å². The first-order chi connectivity index (χ1) is 17.1. The van der Waals surface area contributed by atoms with Gasteiger partial charge in [0.05, 0.1) is 21.7 Å². The topological polar surface area (TPSA) is 63.9 Å². The van der Waals surface area contributed by atoms with Gasteiger partial charge in [-0.05, 0) is 49.2 Å². The standard InChI is InChI=1S/C24H20Cl2F3N5OS/c1-36(35)23-31-21(33-12-10-14(11-13-33)24(27,28)29)19-22(32-23)34(16-8-6-15(25)7-9-16)20(30-19)17-4-2-3-5-18(17)26/h2-9,14H,10-13H2,1H3. The molecule has 12 heteroatoms. The van der Waals surface area contributed by atoms with Gasteiger partial charge in [0.25, 0.3) is 0 Å². The zero-order valence-electron chi connectivity index (χ0n) is 19.0. The summed E-state index contributed by atoms with van der Waals surface area (Å²) in [6, 6.07) is 14.2. The fourth-order valence-electron chi connectivity index (χ4n) is 4.35. The molecule has 0 amide bonds. The number of halogens is 5. The third-order valence-corrected chi connectivity index (χ3v) is 7.46. The van der Waals surface area contributed by atoms with Crippen LogP contribution in [0, 0.1) is 5.92 Å². The average Bonchev–Trinajstić information content (AvgIpc) is 3.23. The van der Waals surface area contributed by atoms with E-state index in [2.05, 4.69) is 9.97 Å². The number of piperidine rings is 1. The number of benzene rings is 2. The van der Waals surface area contributed by atoms with Gasteiger partial charge in [-0.25, -0.2) is 9.97 Å². The molecule has 1 atom stereocenters. The normalized spacial score (nSPS) is 16.0. The number of hydrogen-bond acceptors (Lipinski definition) is 5. The van der Waals surface area contributed by atoms with Crippen molar-refractivity contribution < 1.29 is 17.4 Å². The SMILES string of the molecule is CS(=O)c1nc(N2CCC(C(F)(F)F)CC2)c2nc(-c3ccccc3Cl)n(-c3ccc(Cl)cc3)c2n1. The molecule has 1 saturated heterocycles. The molecule has 3 heterocycles. The average molecular weight is 554 g/mol. The lowest BCUT2D eigenvalue weighted by Crippen LogP contribution is -2.39. The van der Waals surface area contributed by atoms with Crippen LogP contribution in [0.5, 0.6) is 0 Å². The van der Waals surface area contributed by atoms with Crippen molar-refractivity contribution in [3.63, 3.8) is 0 Å². The molecule has 5 rings (SSSR count). The molecule has 1 aliphatic rings. The first kappa shape index (κ1) is 25.0. The second-order valence-corrected chi connectivity index (χ2v) is 10.6. The van der Waals surface area contributed by atoms with E-state index in [0.717, 1.165) is 0 Å². The molecule has 0 radical (unpaired) electrons. The molecule has 0 spiro atoms. The summed E-state index contributed by atoms with van der Waals surface area (Å²) in [5.74, 6) is -0.541. The van der Waals surface area contributed by atoms with E-state index in [0.29, 0.717) is 44.1 Å². The van der Waals surface area contributed by atoms with Gasteiger partial charge in [0.1, 0.15) is 5.82 Å². The molecule has 36 heavy (non-hydrogen) atoms. The van der Waals surface area contributed by atoms with E-state index >= 15 is 0 Å². The highest BCUT2D eigenvalue weighted by atomic mass is 35.5. The molecule has 0 aliphatic carbocycles. The van der Waals surface area contributed by atoms with Gasteiger partial charge in [0.15, 0.2) is 17.0 Å². The lowest BCUT2D eigenvalue weighted by Gasteiger charge is -2.33. The number of aromatic nitrogens is 4. The lowest BCUT2D eigenvalue weighted by molar-refractivity contribution is -0.179. The molecule has 6 nitrogen and oxygen atoms in total. The van der Waals surface area contributed by atoms with Crippen LogP contribution in [0.2, 0.25) is 10.0 Å². The summed E-state index contributed by atoms with van der Waals surface area (Å²) in [5, 5.41) is 1.07. The van der Waals surface area contributed by atoms with Gasteiger partial charge in [-0.2, -0.15) is 18.2 Å². The Morgan fingerprint density at radius 2 is 1.64 bits per heavy atom. The van der Waals surface area contributed by atoms with Gasteiger partial charge in [-0.3, -0.25) is 8.78 Å². The Morgan fingerprint density at radius 1 is 0.972 bits per heavy atom. The summed E-state index contributed by atoms with van der Waals surface area (Å²) in [5.41, 5.74) is 2.08. The molecule has 2 aromatic carbocycles. The molecule has 1 aliphatic heterocycles. The minimum absolute atomic E-state index is 0.0607. The summed E-state index contributed by atoms with van der Waals surface area (Å²) in [7, 11) is -1.55. The highest BCUT2D eigenvalue weighted by molar-refractivity contribution is 7.84. The third-order valence-electron chi connectivity index (χ3n) is 6.18. The number of anilines is 1. The van der Waals surface area contributed by atoms with E-state index in [-0.39, 0.29) is 31.1 Å². The van der Waals surface area contributed by atoms with Crippen molar-refractivity contribution in [2.24, 2.45) is 5.92 Å². The van der Waals surface area contributed by atoms with Crippen LogP contribution < -0.4 is 4.90 Å². The zero-order valence-corrected chi connectivity index (χ0v) is 21.3. The van der Waals surface area contributed by atoms with Crippen LogP contribution in [0.3, 0.4) is 0 Å². The summed E-state index contributed by atoms with van der Waals surface area (Å²) in [6.45, 7) is 0.280. The summed E-state index contributed by atoms with van der Waals surface area (Å²) < 4.78 is 54.1. The second kappa shape index (κ2) is 9.64. The van der Waals surface area contributed by atoms with Crippen LogP contribution in [0.25, 0.3) is 28.2 Å². The Morgan fingerprint density at radius 3 is 2.25 bits per heavy atom. The van der Waals surface area contributed by atoms with Crippen molar-refractivity contribution in [2.75, 3.05) is 24.2 Å². The van der Waals surface area contributed by atoms with Gasteiger partial charge in [0, 0.05) is 35.6 Å². The van der Waals surface area contributed by atoms with E-state index in [1.54, 1.807) is 45.9 Å². The summed E-state index contributed by atoms with van der Waals surface area (Å²) in [4.78, 5) is 15.7. The smallest absolute Gasteiger partial charge is 0.355 e. The molecule has 4 aromatic rings. The summed E-state index contributed by atoms with van der Waals surface area (Å²) in [6.07, 6.45) is -2.90. The number of imidazole rings is 1. The van der Waals surface area contributed by atoms with Crippen LogP contribution in [0.1, 0.15) is 12.8 Å². The molecule has 188 valence electrons. The van der Waals surface area contributed by atoms with Crippen molar-refractivity contribution in [1.29, 1.82) is 0 Å². The molecule has 2 aromatic heterocycles. The maximum Gasteiger partial charge on any atom is 0.391 e. The minimum atomic E-state index is -4.24. The molecule has 0 saturated carbocycles. The Bertz CT molecular complexity index is 1450. The largest absolute Gasteiger partial charge is 0.391 e. The van der Waals surface area contributed by atoms with Crippen LogP contribution in [-0.2, 0) is 10.8 Å². The van der Waals surface area contributed by atoms with Crippen LogP contribution in [0.4, 0.5) is 19.0 Å². The van der Waals surface area contributed by atoms with E-state index < -0.39 is 22.9 Å². The molecular formula is C24H20Cl2F3N5OS. The van der Waals surface area contributed by atoms with E-state index in [1.165, 1.54) is 6.26 Å². The van der Waals surface area contributed by atoms with Crippen LogP contribution in [0.15, 0.2) is 53.7 Å². The van der Waals surface area contributed by atoms with Gasteiger partial charge in [0.2, 0.25) is 5.16 Å². The number of rotatable bonds is 4. The Balaban J connectivity index is 1.74. The van der Waals surface area contributed by atoms with Crippen LogP contribution >= 0.6 is 23.2 Å². The zero-order chi connectivity index (χ0) is 25.6. The predicted octanol–water partition coefficient (Wildman–Crippen LogP) is 6.31. The molecule has 0 N–H and O–H groups in total. The number of fused-ring (bicyclic) bond motifs is 1. The fraction of sp³-hybridized carbons (Fsp3) is 0.292. The monoisotopic (exact) mass is 553 g/mol. The highest BCUT2D eigenvalue weighted by Crippen LogP contribution is 2.38. The Labute approximate surface area is 217 Å².